The molecule has 3 saturated carbocycles. The van der Waals surface area contributed by atoms with Gasteiger partial charge in [0.05, 0.1) is 17.8 Å². The molecule has 3 aliphatic rings. The minimum atomic E-state index is -0.545. The summed E-state index contributed by atoms with van der Waals surface area (Å²) >= 11 is 0. The Morgan fingerprint density at radius 2 is 1.83 bits per heavy atom. The van der Waals surface area contributed by atoms with Gasteiger partial charge >= 0.3 is 0 Å². The Labute approximate surface area is 178 Å². The van der Waals surface area contributed by atoms with E-state index in [0.29, 0.717) is 36.5 Å². The van der Waals surface area contributed by atoms with E-state index in [-0.39, 0.29) is 12.2 Å². The lowest BCUT2D eigenvalue weighted by molar-refractivity contribution is 0.0591. The van der Waals surface area contributed by atoms with Crippen molar-refractivity contribution in [2.75, 3.05) is 0 Å². The molecule has 0 aromatic rings. The molecule has 0 radical (unpaired) electrons. The van der Waals surface area contributed by atoms with Crippen LogP contribution in [0.25, 0.3) is 0 Å². The molecular weight excluding hydrogens is 360 g/mol. The highest BCUT2D eigenvalue weighted by Crippen LogP contribution is 2.59. The molecule has 3 nitrogen and oxygen atoms in total. The first-order valence-electron chi connectivity index (χ1n) is 12.1. The molecule has 0 bridgehead atoms. The number of hydrogen-bond donors (Lipinski definition) is 3. The van der Waals surface area contributed by atoms with E-state index in [1.807, 2.05) is 13.8 Å². The Balaban J connectivity index is 1.66. The second kappa shape index (κ2) is 9.24. The summed E-state index contributed by atoms with van der Waals surface area (Å²) < 4.78 is 0. The Hall–Kier alpha value is -0.640. The van der Waals surface area contributed by atoms with E-state index in [1.54, 1.807) is 5.57 Å². The van der Waals surface area contributed by atoms with Gasteiger partial charge in [-0.15, -0.1) is 0 Å². The van der Waals surface area contributed by atoms with Crippen LogP contribution >= 0.6 is 0 Å². The van der Waals surface area contributed by atoms with Gasteiger partial charge in [0.15, 0.2) is 0 Å². The summed E-state index contributed by atoms with van der Waals surface area (Å²) in [6.45, 7) is 8.81. The first-order chi connectivity index (χ1) is 13.6. The van der Waals surface area contributed by atoms with E-state index in [1.165, 1.54) is 44.1 Å². The molecule has 0 spiro atoms. The van der Waals surface area contributed by atoms with Crippen LogP contribution in [-0.4, -0.2) is 33.1 Å². The number of hydrogen-bond acceptors (Lipinski definition) is 3. The van der Waals surface area contributed by atoms with Gasteiger partial charge in [-0.05, 0) is 94.8 Å². The van der Waals surface area contributed by atoms with Gasteiger partial charge in [-0.2, -0.15) is 0 Å². The minimum Gasteiger partial charge on any atom is -0.393 e. The zero-order chi connectivity index (χ0) is 21.2. The fraction of sp³-hybridized carbons (Fsp3) is 0.846. The van der Waals surface area contributed by atoms with Crippen molar-refractivity contribution in [2.45, 2.75) is 116 Å². The van der Waals surface area contributed by atoms with Crippen molar-refractivity contribution < 1.29 is 15.3 Å². The van der Waals surface area contributed by atoms with E-state index in [4.69, 9.17) is 0 Å². The monoisotopic (exact) mass is 404 g/mol. The van der Waals surface area contributed by atoms with Gasteiger partial charge in [-0.25, -0.2) is 0 Å². The van der Waals surface area contributed by atoms with Crippen molar-refractivity contribution in [3.63, 3.8) is 0 Å². The van der Waals surface area contributed by atoms with E-state index in [0.717, 1.165) is 18.8 Å². The first-order valence-corrected chi connectivity index (χ1v) is 12.1. The Kier molecular flexibility index (Phi) is 7.34. The molecule has 3 aliphatic carbocycles. The van der Waals surface area contributed by atoms with Gasteiger partial charge in [0.2, 0.25) is 0 Å². The van der Waals surface area contributed by atoms with E-state index >= 15 is 0 Å². The molecule has 6 atom stereocenters. The molecule has 3 rings (SSSR count). The molecule has 0 aromatic heterocycles. The predicted molar refractivity (Wildman–Crippen MR) is 120 cm³/mol. The van der Waals surface area contributed by atoms with Gasteiger partial charge in [0.25, 0.3) is 0 Å². The Bertz CT molecular complexity index is 602. The van der Waals surface area contributed by atoms with Gasteiger partial charge in [0, 0.05) is 0 Å². The molecule has 0 aliphatic heterocycles. The smallest absolute Gasteiger partial charge is 0.0602 e. The van der Waals surface area contributed by atoms with Crippen molar-refractivity contribution >= 4 is 0 Å². The van der Waals surface area contributed by atoms with Crippen LogP contribution in [0.4, 0.5) is 0 Å². The summed E-state index contributed by atoms with van der Waals surface area (Å²) in [5.41, 5.74) is 2.66. The van der Waals surface area contributed by atoms with Crippen molar-refractivity contribution in [3.05, 3.63) is 23.3 Å². The van der Waals surface area contributed by atoms with Crippen molar-refractivity contribution in [3.8, 4) is 0 Å². The average Bonchev–Trinajstić information content (AvgIpc) is 2.95. The van der Waals surface area contributed by atoms with Crippen molar-refractivity contribution in [2.24, 2.45) is 23.2 Å². The van der Waals surface area contributed by atoms with Gasteiger partial charge in [0.1, 0.15) is 0 Å². The Morgan fingerprint density at radius 3 is 2.48 bits per heavy atom. The number of aliphatic hydroxyl groups excluding tert-OH is 2. The van der Waals surface area contributed by atoms with Crippen LogP contribution in [0, 0.1) is 23.2 Å². The lowest BCUT2D eigenvalue weighted by Gasteiger charge is -2.44. The SMILES string of the molecule is C[C@H](CCCC(C)(C)O)[C@H]1CCC2/C(=C/C=C3C[C@@H](O)C[C@H](O)C3)CCC[C@@]21C. The summed E-state index contributed by atoms with van der Waals surface area (Å²) in [4.78, 5) is 0. The van der Waals surface area contributed by atoms with Crippen LogP contribution in [0.15, 0.2) is 23.3 Å². The molecule has 0 heterocycles. The molecule has 0 saturated heterocycles. The molecule has 3 fully saturated rings. The number of fused-ring (bicyclic) bond motifs is 1. The van der Waals surface area contributed by atoms with Gasteiger partial charge in [-0.3, -0.25) is 0 Å². The molecule has 29 heavy (non-hydrogen) atoms. The van der Waals surface area contributed by atoms with E-state index in [2.05, 4.69) is 26.0 Å². The quantitative estimate of drug-likeness (QED) is 0.545. The van der Waals surface area contributed by atoms with Crippen LogP contribution in [0.1, 0.15) is 98.3 Å². The topological polar surface area (TPSA) is 60.7 Å². The van der Waals surface area contributed by atoms with Crippen LogP contribution in [0.2, 0.25) is 0 Å². The maximum atomic E-state index is 10.0. The fourth-order valence-electron chi connectivity index (χ4n) is 6.80. The third-order valence-corrected chi connectivity index (χ3v) is 8.25. The third kappa shape index (κ3) is 5.74. The van der Waals surface area contributed by atoms with Crippen LogP contribution < -0.4 is 0 Å². The van der Waals surface area contributed by atoms with Crippen LogP contribution in [-0.2, 0) is 0 Å². The maximum Gasteiger partial charge on any atom is 0.0602 e. The minimum absolute atomic E-state index is 0.388. The van der Waals surface area contributed by atoms with E-state index in [9.17, 15) is 15.3 Å². The molecular formula is C26H44O3. The molecule has 1 unspecified atom stereocenters. The summed E-state index contributed by atoms with van der Waals surface area (Å²) in [6.07, 6.45) is 15.4. The second-order valence-electron chi connectivity index (χ2n) is 11.3. The Morgan fingerprint density at radius 1 is 1.14 bits per heavy atom. The van der Waals surface area contributed by atoms with Gasteiger partial charge in [-0.1, -0.05) is 50.0 Å². The van der Waals surface area contributed by atoms with Crippen molar-refractivity contribution in [1.29, 1.82) is 0 Å². The maximum absolute atomic E-state index is 10.0. The highest BCUT2D eigenvalue weighted by atomic mass is 16.3. The summed E-state index contributed by atoms with van der Waals surface area (Å²) in [6, 6.07) is 0. The average molecular weight is 405 g/mol. The second-order valence-corrected chi connectivity index (χ2v) is 11.3. The predicted octanol–water partition coefficient (Wildman–Crippen LogP) is 5.54. The zero-order valence-corrected chi connectivity index (χ0v) is 19.2. The molecule has 166 valence electrons. The normalized spacial score (nSPS) is 38.2. The first kappa shape index (κ1) is 23.0. The molecule has 0 amide bonds. The third-order valence-electron chi connectivity index (χ3n) is 8.25. The number of allylic oxidation sites excluding steroid dienone is 3. The standard InChI is InChI=1S/C26H44O3/c1-18(7-5-13-25(2,3)29)23-11-12-24-20(8-6-14-26(23,24)4)10-9-19-15-21(27)17-22(28)16-19/h9-10,18,21-24,27-29H,5-8,11-17H2,1-4H3/b20-10+/t18-,21-,22-,23-,24?,26-/m1/s1. The summed E-state index contributed by atoms with van der Waals surface area (Å²) in [5.74, 6) is 2.19. The lowest BCUT2D eigenvalue weighted by atomic mass is 9.60. The number of rotatable bonds is 6. The highest BCUT2D eigenvalue weighted by molar-refractivity contribution is 5.26. The van der Waals surface area contributed by atoms with Gasteiger partial charge < -0.3 is 15.3 Å². The van der Waals surface area contributed by atoms with Crippen molar-refractivity contribution in [1.82, 2.24) is 0 Å². The molecule has 3 heteroatoms. The summed E-state index contributed by atoms with van der Waals surface area (Å²) in [7, 11) is 0. The fourth-order valence-corrected chi connectivity index (χ4v) is 6.80. The lowest BCUT2D eigenvalue weighted by Crippen LogP contribution is -2.36. The van der Waals surface area contributed by atoms with Crippen LogP contribution in [0.3, 0.4) is 0 Å². The van der Waals surface area contributed by atoms with Crippen LogP contribution in [0.5, 0.6) is 0 Å². The molecule has 3 N–H and O–H groups in total. The largest absolute Gasteiger partial charge is 0.393 e. The zero-order valence-electron chi connectivity index (χ0n) is 19.2. The summed E-state index contributed by atoms with van der Waals surface area (Å²) in [5, 5.41) is 29.9. The van der Waals surface area contributed by atoms with E-state index < -0.39 is 5.60 Å². The highest BCUT2D eigenvalue weighted by Gasteiger charge is 2.50. The number of aliphatic hydroxyl groups is 3. The molecule has 0 aromatic carbocycles.